The van der Waals surface area contributed by atoms with E-state index < -0.39 is 10.0 Å². The van der Waals surface area contributed by atoms with E-state index in [9.17, 15) is 13.2 Å². The second-order valence-corrected chi connectivity index (χ2v) is 9.15. The number of nitrogens with zero attached hydrogens (tertiary/aromatic N) is 2. The van der Waals surface area contributed by atoms with E-state index in [-0.39, 0.29) is 5.91 Å². The lowest BCUT2D eigenvalue weighted by Gasteiger charge is -2.33. The van der Waals surface area contributed by atoms with Crippen molar-refractivity contribution in [1.29, 1.82) is 0 Å². The van der Waals surface area contributed by atoms with Gasteiger partial charge in [-0.25, -0.2) is 8.42 Å². The van der Waals surface area contributed by atoms with Gasteiger partial charge in [-0.2, -0.15) is 4.31 Å². The summed E-state index contributed by atoms with van der Waals surface area (Å²) in [6, 6.07) is 14.8. The number of fused-ring (bicyclic) bond motifs is 1. The van der Waals surface area contributed by atoms with Gasteiger partial charge in [0.05, 0.1) is 4.90 Å². The predicted molar refractivity (Wildman–Crippen MR) is 109 cm³/mol. The highest BCUT2D eigenvalue weighted by Crippen LogP contribution is 2.22. The minimum atomic E-state index is -3.55. The molecule has 2 heterocycles. The predicted octanol–water partition coefficient (Wildman–Crippen LogP) is 2.93. The van der Waals surface area contributed by atoms with Crippen LogP contribution in [0.4, 0.5) is 0 Å². The van der Waals surface area contributed by atoms with E-state index in [1.54, 1.807) is 17.0 Å². The van der Waals surface area contributed by atoms with Gasteiger partial charge in [-0.15, -0.1) is 0 Å². The van der Waals surface area contributed by atoms with Crippen molar-refractivity contribution in [1.82, 2.24) is 14.2 Å². The summed E-state index contributed by atoms with van der Waals surface area (Å²) in [5.74, 6) is -0.0978. The Bertz CT molecular complexity index is 1110. The van der Waals surface area contributed by atoms with Crippen molar-refractivity contribution >= 4 is 26.8 Å². The number of carbonyl (C=O) groups is 1. The van der Waals surface area contributed by atoms with Crippen LogP contribution in [0.5, 0.6) is 0 Å². The number of amides is 1. The molecular formula is C21H23N3O3S. The molecule has 2 aromatic carbocycles. The Morgan fingerprint density at radius 2 is 1.64 bits per heavy atom. The summed E-state index contributed by atoms with van der Waals surface area (Å²) in [5.41, 5.74) is 3.47. The average Bonchev–Trinajstić information content (AvgIpc) is 3.13. The highest BCUT2D eigenvalue weighted by Gasteiger charge is 2.31. The zero-order valence-electron chi connectivity index (χ0n) is 16.0. The number of nitrogens with one attached hydrogen (secondary N) is 1. The monoisotopic (exact) mass is 397 g/mol. The molecular weight excluding hydrogens is 374 g/mol. The Morgan fingerprint density at radius 3 is 2.32 bits per heavy atom. The molecule has 1 aliphatic heterocycles. The fraction of sp³-hybridized carbons (Fsp3) is 0.286. The highest BCUT2D eigenvalue weighted by atomic mass is 32.2. The van der Waals surface area contributed by atoms with Crippen molar-refractivity contribution in [3.8, 4) is 0 Å². The lowest BCUT2D eigenvalue weighted by molar-refractivity contribution is 0.0693. The third-order valence-corrected chi connectivity index (χ3v) is 7.30. The average molecular weight is 398 g/mol. The van der Waals surface area contributed by atoms with Crippen molar-refractivity contribution in [2.45, 2.75) is 18.7 Å². The lowest BCUT2D eigenvalue weighted by Crippen LogP contribution is -2.50. The van der Waals surface area contributed by atoms with E-state index in [1.807, 2.05) is 50.2 Å². The van der Waals surface area contributed by atoms with E-state index in [0.717, 1.165) is 22.0 Å². The number of aromatic amines is 1. The van der Waals surface area contributed by atoms with E-state index in [4.69, 9.17) is 0 Å². The molecule has 1 aromatic heterocycles. The normalized spacial score (nSPS) is 15.9. The van der Waals surface area contributed by atoms with Crippen LogP contribution in [-0.2, 0) is 10.0 Å². The molecule has 28 heavy (non-hydrogen) atoms. The van der Waals surface area contributed by atoms with Gasteiger partial charge in [0.25, 0.3) is 5.91 Å². The summed E-state index contributed by atoms with van der Waals surface area (Å²) in [5, 5.41) is 0.988. The van der Waals surface area contributed by atoms with Crippen LogP contribution in [0.2, 0.25) is 0 Å². The molecule has 146 valence electrons. The Labute approximate surface area is 164 Å². The molecule has 0 aliphatic carbocycles. The fourth-order valence-electron chi connectivity index (χ4n) is 3.51. The van der Waals surface area contributed by atoms with Crippen LogP contribution in [0.15, 0.2) is 53.4 Å². The van der Waals surface area contributed by atoms with Crippen molar-refractivity contribution in [2.75, 3.05) is 26.2 Å². The molecule has 1 aliphatic rings. The largest absolute Gasteiger partial charge is 0.351 e. The van der Waals surface area contributed by atoms with Crippen molar-refractivity contribution in [3.63, 3.8) is 0 Å². The standard InChI is InChI=1S/C21H23N3O3S/c1-15-7-8-18(13-16(15)2)28(26,27)24-11-9-23(10-12-24)21(25)20-14-17-5-3-4-6-19(17)22-20/h3-8,13-14,22H,9-12H2,1-2H3. The molecule has 0 spiro atoms. The molecule has 0 atom stereocenters. The summed E-state index contributed by atoms with van der Waals surface area (Å²) in [6.07, 6.45) is 0. The molecule has 0 unspecified atom stereocenters. The van der Waals surface area contributed by atoms with Crippen molar-refractivity contribution in [2.24, 2.45) is 0 Å². The molecule has 0 bridgehead atoms. The highest BCUT2D eigenvalue weighted by molar-refractivity contribution is 7.89. The quantitative estimate of drug-likeness (QED) is 0.738. The van der Waals surface area contributed by atoms with Crippen LogP contribution in [0, 0.1) is 13.8 Å². The van der Waals surface area contributed by atoms with E-state index in [1.165, 1.54) is 4.31 Å². The van der Waals surface area contributed by atoms with Gasteiger partial charge < -0.3 is 9.88 Å². The first-order chi connectivity index (χ1) is 13.4. The summed E-state index contributed by atoms with van der Waals surface area (Å²) in [4.78, 5) is 18.0. The van der Waals surface area contributed by atoms with E-state index in [2.05, 4.69) is 4.98 Å². The number of para-hydroxylation sites is 1. The van der Waals surface area contributed by atoms with Crippen LogP contribution >= 0.6 is 0 Å². The Morgan fingerprint density at radius 1 is 0.929 bits per heavy atom. The van der Waals surface area contributed by atoms with Gasteiger partial charge in [0.1, 0.15) is 5.69 Å². The number of hydrogen-bond donors (Lipinski definition) is 1. The van der Waals surface area contributed by atoms with Crippen molar-refractivity contribution < 1.29 is 13.2 Å². The van der Waals surface area contributed by atoms with Crippen LogP contribution in [0.1, 0.15) is 21.6 Å². The van der Waals surface area contributed by atoms with Crippen molar-refractivity contribution in [3.05, 3.63) is 65.4 Å². The number of aromatic nitrogens is 1. The Kier molecular flexibility index (Phi) is 4.72. The Balaban J connectivity index is 1.47. The van der Waals surface area contributed by atoms with Gasteiger partial charge in [0.2, 0.25) is 10.0 Å². The number of piperazine rings is 1. The summed E-state index contributed by atoms with van der Waals surface area (Å²) in [7, 11) is -3.55. The smallest absolute Gasteiger partial charge is 0.270 e. The van der Waals surface area contributed by atoms with Gasteiger partial charge in [-0.1, -0.05) is 24.3 Å². The molecule has 4 rings (SSSR count). The second-order valence-electron chi connectivity index (χ2n) is 7.21. The van der Waals surface area contributed by atoms with Gasteiger partial charge in [-0.3, -0.25) is 4.79 Å². The maximum Gasteiger partial charge on any atom is 0.270 e. The minimum absolute atomic E-state index is 0.0978. The fourth-order valence-corrected chi connectivity index (χ4v) is 5.02. The molecule has 6 nitrogen and oxygen atoms in total. The third-order valence-electron chi connectivity index (χ3n) is 5.40. The zero-order valence-corrected chi connectivity index (χ0v) is 16.8. The first-order valence-corrected chi connectivity index (χ1v) is 10.7. The van der Waals surface area contributed by atoms with Crippen LogP contribution in [-0.4, -0.2) is 54.7 Å². The number of hydrogen-bond acceptors (Lipinski definition) is 3. The number of benzene rings is 2. The number of H-pyrrole nitrogens is 1. The number of aryl methyl sites for hydroxylation is 2. The molecule has 1 saturated heterocycles. The molecule has 1 N–H and O–H groups in total. The second kappa shape index (κ2) is 7.07. The molecule has 7 heteroatoms. The zero-order chi connectivity index (χ0) is 19.9. The van der Waals surface area contributed by atoms with Crippen LogP contribution in [0.3, 0.4) is 0 Å². The van der Waals surface area contributed by atoms with E-state index in [0.29, 0.717) is 36.8 Å². The first kappa shape index (κ1) is 18.7. The Hall–Kier alpha value is -2.64. The number of rotatable bonds is 3. The SMILES string of the molecule is Cc1ccc(S(=O)(=O)N2CCN(C(=O)c3cc4ccccc4[nH]3)CC2)cc1C. The molecule has 1 fully saturated rings. The maximum absolute atomic E-state index is 12.9. The van der Waals surface area contributed by atoms with Gasteiger partial charge in [0, 0.05) is 37.1 Å². The van der Waals surface area contributed by atoms with Crippen LogP contribution in [0.25, 0.3) is 10.9 Å². The molecule has 3 aromatic rings. The summed E-state index contributed by atoms with van der Waals surface area (Å²) in [6.45, 7) is 5.20. The topological polar surface area (TPSA) is 73.5 Å². The minimum Gasteiger partial charge on any atom is -0.351 e. The lowest BCUT2D eigenvalue weighted by atomic mass is 10.1. The maximum atomic E-state index is 12.9. The first-order valence-electron chi connectivity index (χ1n) is 9.31. The summed E-state index contributed by atoms with van der Waals surface area (Å²) < 4.78 is 27.3. The molecule has 1 amide bonds. The molecule has 0 saturated carbocycles. The van der Waals surface area contributed by atoms with Gasteiger partial charge in [-0.05, 0) is 49.2 Å². The summed E-state index contributed by atoms with van der Waals surface area (Å²) >= 11 is 0. The third kappa shape index (κ3) is 3.31. The van der Waals surface area contributed by atoms with E-state index >= 15 is 0 Å². The van der Waals surface area contributed by atoms with Gasteiger partial charge >= 0.3 is 0 Å². The number of carbonyl (C=O) groups excluding carboxylic acids is 1. The molecule has 0 radical (unpaired) electrons. The van der Waals surface area contributed by atoms with Crippen LogP contribution < -0.4 is 0 Å². The van der Waals surface area contributed by atoms with Gasteiger partial charge in [0.15, 0.2) is 0 Å². The number of sulfonamides is 1.